The summed E-state index contributed by atoms with van der Waals surface area (Å²) in [7, 11) is 0. The second-order valence-electron chi connectivity index (χ2n) is 2.47. The summed E-state index contributed by atoms with van der Waals surface area (Å²) in [6.07, 6.45) is 3.25. The maximum atomic E-state index is 10.4. The van der Waals surface area contributed by atoms with Crippen molar-refractivity contribution in [2.45, 2.75) is 6.92 Å². The molecule has 0 aliphatic heterocycles. The molecule has 0 aromatic carbocycles. The molecule has 0 unspecified atom stereocenters. The Morgan fingerprint density at radius 1 is 1.71 bits per heavy atom. The molecule has 0 saturated heterocycles. The monoisotopic (exact) mass is 214 g/mol. The van der Waals surface area contributed by atoms with Gasteiger partial charge in [-0.05, 0) is 6.92 Å². The smallest absolute Gasteiger partial charge is 0.330 e. The molecule has 0 aromatic heterocycles. The number of thioether (sulfide) groups is 1. The van der Waals surface area contributed by atoms with Crippen LogP contribution < -0.4 is 5.73 Å². The predicted molar refractivity (Wildman–Crippen MR) is 60.5 cm³/mol. The van der Waals surface area contributed by atoms with Crippen LogP contribution in [0.25, 0.3) is 0 Å². The van der Waals surface area contributed by atoms with Gasteiger partial charge in [-0.2, -0.15) is 0 Å². The molecule has 0 rings (SSSR count). The zero-order valence-electron chi connectivity index (χ0n) is 8.06. The van der Waals surface area contributed by atoms with E-state index in [1.165, 1.54) is 11.8 Å². The van der Waals surface area contributed by atoms with Crippen LogP contribution in [0, 0.1) is 0 Å². The Bertz CT molecular complexity index is 272. The first-order valence-corrected chi connectivity index (χ1v) is 5.00. The van der Waals surface area contributed by atoms with Crippen molar-refractivity contribution in [1.82, 2.24) is 0 Å². The van der Waals surface area contributed by atoms with Crippen molar-refractivity contribution in [3.05, 3.63) is 24.3 Å². The number of rotatable bonds is 5. The van der Waals surface area contributed by atoms with Gasteiger partial charge in [0.25, 0.3) is 0 Å². The molecule has 4 nitrogen and oxygen atoms in total. The fourth-order valence-corrected chi connectivity index (χ4v) is 1.21. The summed E-state index contributed by atoms with van der Waals surface area (Å²) in [5.74, 6) is -0.392. The van der Waals surface area contributed by atoms with E-state index < -0.39 is 5.97 Å². The van der Waals surface area contributed by atoms with E-state index in [9.17, 15) is 4.79 Å². The van der Waals surface area contributed by atoms with Gasteiger partial charge in [0.05, 0.1) is 6.54 Å². The van der Waals surface area contributed by atoms with Crippen LogP contribution in [0.1, 0.15) is 6.92 Å². The second-order valence-corrected chi connectivity index (χ2v) is 3.51. The average Bonchev–Trinajstić information content (AvgIpc) is 2.14. The summed E-state index contributed by atoms with van der Waals surface area (Å²) in [5, 5.41) is 8.98. The van der Waals surface area contributed by atoms with Gasteiger partial charge in [0.1, 0.15) is 0 Å². The molecular formula is C9H14N2O2S. The Hall–Kier alpha value is -1.23. The third-order valence-electron chi connectivity index (χ3n) is 1.33. The molecule has 0 bridgehead atoms. The second kappa shape index (κ2) is 7.20. The van der Waals surface area contributed by atoms with Crippen molar-refractivity contribution >= 4 is 22.9 Å². The molecule has 0 saturated carbocycles. The lowest BCUT2D eigenvalue weighted by molar-refractivity contribution is -0.132. The number of hydrogen-bond donors (Lipinski definition) is 2. The Morgan fingerprint density at radius 2 is 2.36 bits per heavy atom. The number of nitrogens with zero attached hydrogens (tertiary/aromatic N) is 1. The van der Waals surface area contributed by atoms with Crippen LogP contribution in [0.4, 0.5) is 0 Å². The molecule has 0 aliphatic carbocycles. The summed E-state index contributed by atoms with van der Waals surface area (Å²) >= 11 is 1.30. The SMILES string of the molecule is C=CCN=C(N)SC/C=C(/C)C(=O)O. The molecule has 0 radical (unpaired) electrons. The molecule has 0 aromatic rings. The first-order valence-electron chi connectivity index (χ1n) is 4.01. The van der Waals surface area contributed by atoms with E-state index in [0.29, 0.717) is 23.0 Å². The highest BCUT2D eigenvalue weighted by molar-refractivity contribution is 8.13. The number of carboxylic acid groups (broad SMARTS) is 1. The van der Waals surface area contributed by atoms with Crippen LogP contribution in [-0.2, 0) is 4.79 Å². The average molecular weight is 214 g/mol. The zero-order valence-corrected chi connectivity index (χ0v) is 8.88. The molecule has 3 N–H and O–H groups in total. The maximum absolute atomic E-state index is 10.4. The molecule has 0 aliphatic rings. The van der Waals surface area contributed by atoms with Crippen molar-refractivity contribution in [2.75, 3.05) is 12.3 Å². The third-order valence-corrected chi connectivity index (χ3v) is 2.09. The number of amidine groups is 1. The summed E-state index contributed by atoms with van der Waals surface area (Å²) in [4.78, 5) is 14.3. The lowest BCUT2D eigenvalue weighted by Crippen LogP contribution is -2.07. The summed E-state index contributed by atoms with van der Waals surface area (Å²) in [6.45, 7) is 5.53. The fourth-order valence-electron chi connectivity index (χ4n) is 0.540. The quantitative estimate of drug-likeness (QED) is 0.312. The van der Waals surface area contributed by atoms with E-state index in [0.717, 1.165) is 0 Å². The Morgan fingerprint density at radius 3 is 2.86 bits per heavy atom. The van der Waals surface area contributed by atoms with Gasteiger partial charge in [0.2, 0.25) is 0 Å². The third kappa shape index (κ3) is 6.30. The van der Waals surface area contributed by atoms with Crippen LogP contribution in [0.15, 0.2) is 29.3 Å². The van der Waals surface area contributed by atoms with E-state index in [-0.39, 0.29) is 0 Å². The largest absolute Gasteiger partial charge is 0.478 e. The van der Waals surface area contributed by atoms with Gasteiger partial charge in [0.15, 0.2) is 5.17 Å². The molecule has 0 heterocycles. The van der Waals surface area contributed by atoms with Crippen LogP contribution in [0.2, 0.25) is 0 Å². The highest BCUT2D eigenvalue weighted by Crippen LogP contribution is 2.03. The number of hydrogen-bond acceptors (Lipinski definition) is 3. The highest BCUT2D eigenvalue weighted by Gasteiger charge is 1.98. The van der Waals surface area contributed by atoms with Gasteiger partial charge in [-0.15, -0.1) is 6.58 Å². The number of carbonyl (C=O) groups is 1. The van der Waals surface area contributed by atoms with Gasteiger partial charge < -0.3 is 10.8 Å². The summed E-state index contributed by atoms with van der Waals surface area (Å²) in [5.41, 5.74) is 5.82. The molecule has 0 spiro atoms. The standard InChI is InChI=1S/C9H14N2O2S/c1-3-5-11-9(10)14-6-4-7(2)8(12)13/h3-4H,1,5-6H2,2H3,(H2,10,11)(H,12,13)/b7-4-. The summed E-state index contributed by atoms with van der Waals surface area (Å²) in [6, 6.07) is 0. The molecule has 78 valence electrons. The number of aliphatic carboxylic acids is 1. The predicted octanol–water partition coefficient (Wildman–Crippen LogP) is 1.25. The highest BCUT2D eigenvalue weighted by atomic mass is 32.2. The molecule has 0 fully saturated rings. The van der Waals surface area contributed by atoms with Crippen molar-refractivity contribution < 1.29 is 9.90 Å². The number of nitrogens with two attached hydrogens (primary N) is 1. The van der Waals surface area contributed by atoms with E-state index in [4.69, 9.17) is 10.8 Å². The van der Waals surface area contributed by atoms with Gasteiger partial charge in [-0.1, -0.05) is 23.9 Å². The van der Waals surface area contributed by atoms with E-state index in [1.807, 2.05) is 0 Å². The Balaban J connectivity index is 3.89. The normalized spacial score (nSPS) is 12.6. The van der Waals surface area contributed by atoms with Gasteiger partial charge in [-0.3, -0.25) is 4.99 Å². The molecule has 14 heavy (non-hydrogen) atoms. The summed E-state index contributed by atoms with van der Waals surface area (Å²) < 4.78 is 0. The van der Waals surface area contributed by atoms with Crippen LogP contribution in [0.3, 0.4) is 0 Å². The molecule has 0 atom stereocenters. The van der Waals surface area contributed by atoms with Crippen molar-refractivity contribution in [3.63, 3.8) is 0 Å². The Labute approximate surface area is 87.6 Å². The first kappa shape index (κ1) is 12.8. The van der Waals surface area contributed by atoms with Crippen molar-refractivity contribution in [3.8, 4) is 0 Å². The molecule has 5 heteroatoms. The van der Waals surface area contributed by atoms with Crippen LogP contribution in [-0.4, -0.2) is 28.5 Å². The van der Waals surface area contributed by atoms with E-state index in [2.05, 4.69) is 11.6 Å². The van der Waals surface area contributed by atoms with E-state index >= 15 is 0 Å². The van der Waals surface area contributed by atoms with E-state index in [1.54, 1.807) is 19.1 Å². The lowest BCUT2D eigenvalue weighted by atomic mass is 10.3. The minimum absolute atomic E-state index is 0.314. The number of aliphatic imine (C=N–C) groups is 1. The molecular weight excluding hydrogens is 200 g/mol. The van der Waals surface area contributed by atoms with Gasteiger partial charge >= 0.3 is 5.97 Å². The zero-order chi connectivity index (χ0) is 11.0. The number of carboxylic acids is 1. The topological polar surface area (TPSA) is 75.7 Å². The molecule has 0 amide bonds. The van der Waals surface area contributed by atoms with Gasteiger partial charge in [0, 0.05) is 11.3 Å². The van der Waals surface area contributed by atoms with Crippen LogP contribution in [0.5, 0.6) is 0 Å². The lowest BCUT2D eigenvalue weighted by Gasteiger charge is -1.96. The van der Waals surface area contributed by atoms with Gasteiger partial charge in [-0.25, -0.2) is 4.79 Å². The minimum atomic E-state index is -0.910. The van der Waals surface area contributed by atoms with Crippen molar-refractivity contribution in [2.24, 2.45) is 10.7 Å². The fraction of sp³-hybridized carbons (Fsp3) is 0.333. The Kier molecular flexibility index (Phi) is 6.57. The minimum Gasteiger partial charge on any atom is -0.478 e. The van der Waals surface area contributed by atoms with Crippen molar-refractivity contribution in [1.29, 1.82) is 0 Å². The maximum Gasteiger partial charge on any atom is 0.330 e. The first-order chi connectivity index (χ1) is 6.57. The van der Waals surface area contributed by atoms with Crippen LogP contribution >= 0.6 is 11.8 Å².